The summed E-state index contributed by atoms with van der Waals surface area (Å²) in [6.45, 7) is 5.29. The van der Waals surface area contributed by atoms with Gasteiger partial charge < -0.3 is 9.15 Å². The van der Waals surface area contributed by atoms with Crippen molar-refractivity contribution in [2.45, 2.75) is 31.9 Å². The van der Waals surface area contributed by atoms with Crippen LogP contribution in [0.2, 0.25) is 0 Å². The molecule has 4 aromatic rings. The van der Waals surface area contributed by atoms with E-state index in [0.717, 1.165) is 5.56 Å². The maximum Gasteiger partial charge on any atom is 0.259 e. The first-order valence-electron chi connectivity index (χ1n) is 9.80. The van der Waals surface area contributed by atoms with Crippen LogP contribution in [-0.4, -0.2) is 18.4 Å². The van der Waals surface area contributed by atoms with Gasteiger partial charge >= 0.3 is 0 Å². The highest BCUT2D eigenvalue weighted by atomic mass is 32.2. The Bertz CT molecular complexity index is 1480. The maximum atomic E-state index is 13.2. The van der Waals surface area contributed by atoms with Crippen molar-refractivity contribution in [2.24, 2.45) is 5.14 Å². The molecule has 1 aromatic carbocycles. The number of hydrogen-bond acceptors (Lipinski definition) is 7. The van der Waals surface area contributed by atoms with E-state index in [0.29, 0.717) is 33.6 Å². The summed E-state index contributed by atoms with van der Waals surface area (Å²) in [5, 5.41) is 5.31. The lowest BCUT2D eigenvalue weighted by molar-refractivity contribution is 0.219. The Hall–Kier alpha value is -3.56. The van der Waals surface area contributed by atoms with E-state index in [4.69, 9.17) is 14.3 Å². The second kappa shape index (κ2) is 8.18. The van der Waals surface area contributed by atoms with Gasteiger partial charge in [0.15, 0.2) is 16.9 Å². The van der Waals surface area contributed by atoms with Gasteiger partial charge in [0.25, 0.3) is 10.0 Å². The predicted octanol–water partition coefficient (Wildman–Crippen LogP) is 3.65. The van der Waals surface area contributed by atoms with Gasteiger partial charge in [-0.2, -0.15) is 0 Å². The first-order chi connectivity index (χ1) is 15.2. The van der Waals surface area contributed by atoms with Gasteiger partial charge in [0.05, 0.1) is 5.39 Å². The number of ether oxygens (including phenoxy) is 1. The van der Waals surface area contributed by atoms with Crippen LogP contribution >= 0.6 is 0 Å². The molecule has 4 rings (SSSR count). The molecule has 3 aromatic heterocycles. The quantitative estimate of drug-likeness (QED) is 0.491. The van der Waals surface area contributed by atoms with E-state index in [1.807, 2.05) is 19.1 Å². The second-order valence-electron chi connectivity index (χ2n) is 7.44. The van der Waals surface area contributed by atoms with Gasteiger partial charge in [0.2, 0.25) is 5.03 Å². The molecular formula is C23H21N3O5S. The average Bonchev–Trinajstić information content (AvgIpc) is 2.76. The highest BCUT2D eigenvalue weighted by Gasteiger charge is 2.23. The van der Waals surface area contributed by atoms with Crippen LogP contribution < -0.4 is 15.3 Å². The molecule has 0 spiro atoms. The molecule has 0 bridgehead atoms. The minimum absolute atomic E-state index is 0.0107. The number of nitrogens with zero attached hydrogens (tertiary/aromatic N) is 2. The molecule has 0 unspecified atom stereocenters. The van der Waals surface area contributed by atoms with Gasteiger partial charge in [-0.15, -0.1) is 0 Å². The average molecular weight is 452 g/mol. The molecule has 0 aliphatic rings. The molecule has 32 heavy (non-hydrogen) atoms. The van der Waals surface area contributed by atoms with Gasteiger partial charge in [0, 0.05) is 23.5 Å². The van der Waals surface area contributed by atoms with Gasteiger partial charge in [-0.1, -0.05) is 6.07 Å². The zero-order valence-corrected chi connectivity index (χ0v) is 18.5. The summed E-state index contributed by atoms with van der Waals surface area (Å²) in [6.07, 6.45) is 2.27. The van der Waals surface area contributed by atoms with Crippen LogP contribution in [0.5, 0.6) is 5.75 Å². The number of nitrogens with two attached hydrogens (primary N) is 1. The Morgan fingerprint density at radius 1 is 1.06 bits per heavy atom. The van der Waals surface area contributed by atoms with Crippen molar-refractivity contribution >= 4 is 21.0 Å². The van der Waals surface area contributed by atoms with Crippen molar-refractivity contribution < 1.29 is 17.6 Å². The largest absolute Gasteiger partial charge is 0.483 e. The fraction of sp³-hybridized carbons (Fsp3) is 0.174. The van der Waals surface area contributed by atoms with E-state index in [-0.39, 0.29) is 16.2 Å². The van der Waals surface area contributed by atoms with Crippen molar-refractivity contribution in [1.29, 1.82) is 0 Å². The topological polar surface area (TPSA) is 125 Å². The van der Waals surface area contributed by atoms with Crippen molar-refractivity contribution in [1.82, 2.24) is 9.97 Å². The molecule has 0 aliphatic carbocycles. The third-order valence-corrected chi connectivity index (χ3v) is 5.88. The minimum Gasteiger partial charge on any atom is -0.483 e. The standard InChI is InChI=1S/C23H21N3O5S/c1-13-11-16(15(3)30-19-8-6-10-26-23(19)32(24,28)29)22-17(12-13)20(27)14(2)21(31-22)18-7-4-5-9-25-18/h4-12,15H,1-3H3,(H2,24,28,29)/t15-/m1/s1. The summed E-state index contributed by atoms with van der Waals surface area (Å²) >= 11 is 0. The number of aromatic nitrogens is 2. The second-order valence-corrected chi connectivity index (χ2v) is 8.92. The van der Waals surface area contributed by atoms with E-state index >= 15 is 0 Å². The van der Waals surface area contributed by atoms with Crippen molar-refractivity contribution in [3.63, 3.8) is 0 Å². The van der Waals surface area contributed by atoms with Crippen molar-refractivity contribution in [2.75, 3.05) is 0 Å². The molecule has 0 aliphatic heterocycles. The van der Waals surface area contributed by atoms with Gasteiger partial charge in [-0.3, -0.25) is 9.78 Å². The summed E-state index contributed by atoms with van der Waals surface area (Å²) in [5.41, 5.74) is 2.57. The van der Waals surface area contributed by atoms with E-state index in [1.54, 1.807) is 44.3 Å². The van der Waals surface area contributed by atoms with E-state index in [2.05, 4.69) is 9.97 Å². The molecule has 0 fully saturated rings. The van der Waals surface area contributed by atoms with Gasteiger partial charge in [-0.25, -0.2) is 18.5 Å². The van der Waals surface area contributed by atoms with Gasteiger partial charge in [-0.05, 0) is 62.7 Å². The smallest absolute Gasteiger partial charge is 0.259 e. The summed E-state index contributed by atoms with van der Waals surface area (Å²) < 4.78 is 35.9. The molecule has 0 amide bonds. The van der Waals surface area contributed by atoms with E-state index in [1.165, 1.54) is 12.3 Å². The molecule has 2 N–H and O–H groups in total. The zero-order valence-electron chi connectivity index (χ0n) is 17.7. The Labute approximate surface area is 184 Å². The fourth-order valence-electron chi connectivity index (χ4n) is 3.54. The molecule has 164 valence electrons. The lowest BCUT2D eigenvalue weighted by Crippen LogP contribution is -2.17. The highest BCUT2D eigenvalue weighted by Crippen LogP contribution is 2.33. The SMILES string of the molecule is Cc1cc([C@@H](C)Oc2cccnc2S(N)(=O)=O)c2oc(-c3ccccn3)c(C)c(=O)c2c1. The minimum atomic E-state index is -4.08. The van der Waals surface area contributed by atoms with E-state index < -0.39 is 16.1 Å². The number of benzene rings is 1. The van der Waals surface area contributed by atoms with Gasteiger partial charge in [0.1, 0.15) is 17.4 Å². The summed E-state index contributed by atoms with van der Waals surface area (Å²) in [4.78, 5) is 21.3. The van der Waals surface area contributed by atoms with Crippen molar-refractivity contribution in [3.8, 4) is 17.2 Å². The maximum absolute atomic E-state index is 13.2. The number of sulfonamides is 1. The van der Waals surface area contributed by atoms with Crippen LogP contribution in [0.3, 0.4) is 0 Å². The zero-order chi connectivity index (χ0) is 23.0. The Morgan fingerprint density at radius 3 is 2.50 bits per heavy atom. The number of fused-ring (bicyclic) bond motifs is 1. The molecule has 0 radical (unpaired) electrons. The third-order valence-electron chi connectivity index (χ3n) is 5.04. The molecule has 8 nitrogen and oxygen atoms in total. The number of hydrogen-bond donors (Lipinski definition) is 1. The normalized spacial score (nSPS) is 12.6. The summed E-state index contributed by atoms with van der Waals surface area (Å²) in [6, 6.07) is 12.0. The van der Waals surface area contributed by atoms with Crippen LogP contribution in [0, 0.1) is 13.8 Å². The first-order valence-corrected chi connectivity index (χ1v) is 11.4. The van der Waals surface area contributed by atoms with Crippen molar-refractivity contribution in [3.05, 3.63) is 81.8 Å². The molecule has 3 heterocycles. The lowest BCUT2D eigenvalue weighted by Gasteiger charge is -2.19. The molecule has 1 atom stereocenters. The van der Waals surface area contributed by atoms with Crippen LogP contribution in [0.1, 0.15) is 29.7 Å². The summed E-state index contributed by atoms with van der Waals surface area (Å²) in [5.74, 6) is 0.378. The Morgan fingerprint density at radius 2 is 1.81 bits per heavy atom. The number of pyridine rings is 2. The van der Waals surface area contributed by atoms with Crippen LogP contribution in [0.25, 0.3) is 22.4 Å². The monoisotopic (exact) mass is 451 g/mol. The fourth-order valence-corrected chi connectivity index (χ4v) is 4.15. The molecule has 0 saturated carbocycles. The molecular weight excluding hydrogens is 430 g/mol. The van der Waals surface area contributed by atoms with Crippen LogP contribution in [0.15, 0.2) is 69.1 Å². The Balaban J connectivity index is 1.90. The molecule has 9 heteroatoms. The molecule has 0 saturated heterocycles. The van der Waals surface area contributed by atoms with Crippen LogP contribution in [0.4, 0.5) is 0 Å². The summed E-state index contributed by atoms with van der Waals surface area (Å²) in [7, 11) is -4.08. The highest BCUT2D eigenvalue weighted by molar-refractivity contribution is 7.89. The van der Waals surface area contributed by atoms with Crippen LogP contribution in [-0.2, 0) is 10.0 Å². The Kier molecular flexibility index (Phi) is 5.53. The third kappa shape index (κ3) is 4.00. The lowest BCUT2D eigenvalue weighted by atomic mass is 10.0. The predicted molar refractivity (Wildman–Crippen MR) is 120 cm³/mol. The number of rotatable bonds is 5. The first kappa shape index (κ1) is 21.7. The number of primary sulfonamides is 1. The van der Waals surface area contributed by atoms with E-state index in [9.17, 15) is 13.2 Å². The number of aryl methyl sites for hydroxylation is 1.